The van der Waals surface area contributed by atoms with Gasteiger partial charge in [-0.2, -0.15) is 0 Å². The van der Waals surface area contributed by atoms with Crippen molar-refractivity contribution in [1.82, 2.24) is 9.80 Å². The first-order chi connectivity index (χ1) is 20.0. The number of carbonyl (C=O) groups excluding carboxylic acids is 3. The van der Waals surface area contributed by atoms with Crippen LogP contribution in [0.2, 0.25) is 0 Å². The maximum Gasteiger partial charge on any atom is 0.313 e. The van der Waals surface area contributed by atoms with Gasteiger partial charge in [0.1, 0.15) is 23.2 Å². The van der Waals surface area contributed by atoms with Gasteiger partial charge in [-0.25, -0.2) is 0 Å². The molecule has 214 valence electrons. The van der Waals surface area contributed by atoms with E-state index in [0.717, 1.165) is 5.56 Å². The van der Waals surface area contributed by atoms with Crippen molar-refractivity contribution in [3.05, 3.63) is 96.1 Å². The molecule has 0 aromatic heterocycles. The van der Waals surface area contributed by atoms with Crippen molar-refractivity contribution < 1.29 is 29.0 Å². The van der Waals surface area contributed by atoms with Gasteiger partial charge in [-0.3, -0.25) is 14.4 Å². The first kappa shape index (κ1) is 27.4. The summed E-state index contributed by atoms with van der Waals surface area (Å²) in [6, 6.07) is 17.0. The van der Waals surface area contributed by atoms with Crippen molar-refractivity contribution in [3.63, 3.8) is 0 Å². The summed E-state index contributed by atoms with van der Waals surface area (Å²) in [7, 11) is 0. The number of aliphatic hydroxyl groups excluding tert-OH is 1. The molecule has 8 nitrogen and oxygen atoms in total. The van der Waals surface area contributed by atoms with Gasteiger partial charge in [-0.15, -0.1) is 0 Å². The zero-order valence-corrected chi connectivity index (χ0v) is 23.2. The number of amides is 2. The highest BCUT2D eigenvalue weighted by Gasteiger charge is 2.76. The van der Waals surface area contributed by atoms with Crippen LogP contribution in [0.1, 0.15) is 43.4 Å². The standard InChI is InChI=1S/C33H36N2O6/c1-2-32-17-10-5-11-20-40-31(39)27(32)26-29(37)35(25(22-36)24-15-8-4-9-16-24)28-30(38)34(19-12-18-33(26,28)41-32)21-23-13-6-3-7-14-23/h3-4,6-10,12-18,25-28,36H,2,5,11,19-22H2,1H3/b17-10-/t25-,26+,27+,28?,32-,33+/m1/s1. The van der Waals surface area contributed by atoms with Gasteiger partial charge < -0.3 is 24.4 Å². The van der Waals surface area contributed by atoms with Crippen molar-refractivity contribution in [2.45, 2.75) is 56.0 Å². The number of nitrogens with zero attached hydrogens (tertiary/aromatic N) is 2. The Labute approximate surface area is 240 Å². The third-order valence-electron chi connectivity index (χ3n) is 9.06. The topological polar surface area (TPSA) is 96.4 Å². The van der Waals surface area contributed by atoms with E-state index < -0.39 is 47.7 Å². The summed E-state index contributed by atoms with van der Waals surface area (Å²) >= 11 is 0. The van der Waals surface area contributed by atoms with Gasteiger partial charge in [0.2, 0.25) is 11.8 Å². The van der Waals surface area contributed by atoms with Crippen molar-refractivity contribution >= 4 is 17.8 Å². The molecule has 0 aliphatic carbocycles. The number of fused-ring (bicyclic) bond motifs is 2. The largest absolute Gasteiger partial charge is 0.465 e. The Bertz CT molecular complexity index is 1360. The van der Waals surface area contributed by atoms with E-state index in [2.05, 4.69) is 0 Å². The lowest BCUT2D eigenvalue weighted by Crippen LogP contribution is -2.56. The molecular weight excluding hydrogens is 520 g/mol. The summed E-state index contributed by atoms with van der Waals surface area (Å²) in [5.41, 5.74) is -0.855. The Balaban J connectivity index is 1.51. The van der Waals surface area contributed by atoms with E-state index in [4.69, 9.17) is 9.47 Å². The third kappa shape index (κ3) is 4.41. The number of likely N-dealkylation sites (tertiary alicyclic amines) is 1. The molecule has 2 aromatic rings. The molecule has 8 heteroatoms. The van der Waals surface area contributed by atoms with Crippen molar-refractivity contribution in [3.8, 4) is 0 Å². The van der Waals surface area contributed by atoms with Crippen molar-refractivity contribution in [1.29, 1.82) is 0 Å². The van der Waals surface area contributed by atoms with Gasteiger partial charge in [0.15, 0.2) is 0 Å². The van der Waals surface area contributed by atoms with E-state index in [1.165, 1.54) is 4.90 Å². The maximum atomic E-state index is 14.7. The van der Waals surface area contributed by atoms with Gasteiger partial charge in [-0.05, 0) is 30.4 Å². The lowest BCUT2D eigenvalue weighted by Gasteiger charge is -2.41. The molecule has 4 aliphatic heterocycles. The van der Waals surface area contributed by atoms with E-state index in [-0.39, 0.29) is 18.4 Å². The molecular formula is C33H36N2O6. The molecule has 2 aromatic carbocycles. The summed E-state index contributed by atoms with van der Waals surface area (Å²) in [5, 5.41) is 10.7. The summed E-state index contributed by atoms with van der Waals surface area (Å²) in [6.07, 6.45) is 9.45. The molecule has 0 bridgehead atoms. The Morgan fingerprint density at radius 1 is 0.951 bits per heavy atom. The van der Waals surface area contributed by atoms with Crippen molar-refractivity contribution in [2.24, 2.45) is 11.8 Å². The summed E-state index contributed by atoms with van der Waals surface area (Å²) in [5.74, 6) is -3.07. The summed E-state index contributed by atoms with van der Waals surface area (Å²) in [6.45, 7) is 2.47. The SMILES string of the molecule is CC[C@@]12/C=C\CCCOC(=O)[C@@H]1[C@H]1C(=O)N([C@H](CO)c3ccccc3)C3C(=O)N(Cc4ccccc4)CC=C[C@@]31O2. The second kappa shape index (κ2) is 10.9. The predicted octanol–water partition coefficient (Wildman–Crippen LogP) is 3.57. The fourth-order valence-corrected chi connectivity index (χ4v) is 7.17. The van der Waals surface area contributed by atoms with Gasteiger partial charge in [0, 0.05) is 13.1 Å². The first-order valence-electron chi connectivity index (χ1n) is 14.5. The average Bonchev–Trinajstić information content (AvgIpc) is 3.38. The number of aliphatic hydroxyl groups is 1. The molecule has 1 spiro atoms. The Kier molecular flexibility index (Phi) is 7.30. The number of hydrogen-bond donors (Lipinski definition) is 1. The fraction of sp³-hybridized carbons (Fsp3) is 0.424. The number of cyclic esters (lactones) is 1. The van der Waals surface area contributed by atoms with E-state index in [0.29, 0.717) is 37.9 Å². The minimum atomic E-state index is -1.41. The quantitative estimate of drug-likeness (QED) is 0.432. The maximum absolute atomic E-state index is 14.7. The van der Waals surface area contributed by atoms with Crippen LogP contribution in [0.25, 0.3) is 0 Å². The number of allylic oxidation sites excluding steroid dienone is 1. The molecule has 0 saturated carbocycles. The number of ether oxygens (including phenoxy) is 2. The smallest absolute Gasteiger partial charge is 0.313 e. The molecule has 4 aliphatic rings. The second-order valence-electron chi connectivity index (χ2n) is 11.3. The van der Waals surface area contributed by atoms with Crippen LogP contribution < -0.4 is 0 Å². The van der Waals surface area contributed by atoms with Crippen molar-refractivity contribution in [2.75, 3.05) is 19.8 Å². The number of rotatable bonds is 6. The third-order valence-corrected chi connectivity index (χ3v) is 9.06. The van der Waals surface area contributed by atoms with Crippen LogP contribution in [0, 0.1) is 11.8 Å². The van der Waals surface area contributed by atoms with Gasteiger partial charge in [-0.1, -0.05) is 91.9 Å². The number of benzene rings is 2. The van der Waals surface area contributed by atoms with Gasteiger partial charge in [0.25, 0.3) is 0 Å². The molecule has 1 N–H and O–H groups in total. The number of esters is 1. The lowest BCUT2D eigenvalue weighted by molar-refractivity contribution is -0.163. The highest BCUT2D eigenvalue weighted by atomic mass is 16.6. The molecule has 2 fully saturated rings. The molecule has 4 heterocycles. The van der Waals surface area contributed by atoms with E-state index in [1.807, 2.05) is 91.9 Å². The molecule has 1 unspecified atom stereocenters. The fourth-order valence-electron chi connectivity index (χ4n) is 7.17. The summed E-state index contributed by atoms with van der Waals surface area (Å²) in [4.78, 5) is 46.3. The van der Waals surface area contributed by atoms with Crippen LogP contribution in [-0.4, -0.2) is 69.7 Å². The lowest BCUT2D eigenvalue weighted by atomic mass is 9.73. The number of hydrogen-bond acceptors (Lipinski definition) is 6. The van der Waals surface area contributed by atoms with Crippen LogP contribution in [0.5, 0.6) is 0 Å². The van der Waals surface area contributed by atoms with Crippen LogP contribution in [0.15, 0.2) is 85.0 Å². The highest BCUT2D eigenvalue weighted by Crippen LogP contribution is 2.59. The zero-order chi connectivity index (χ0) is 28.6. The average molecular weight is 557 g/mol. The van der Waals surface area contributed by atoms with Gasteiger partial charge >= 0.3 is 5.97 Å². The first-order valence-corrected chi connectivity index (χ1v) is 14.5. The normalized spacial score (nSPS) is 32.6. The van der Waals surface area contributed by atoms with Crippen LogP contribution >= 0.6 is 0 Å². The molecule has 2 saturated heterocycles. The van der Waals surface area contributed by atoms with Crippen LogP contribution in [-0.2, 0) is 30.4 Å². The van der Waals surface area contributed by atoms with E-state index in [1.54, 1.807) is 4.90 Å². The zero-order valence-electron chi connectivity index (χ0n) is 23.2. The Hall–Kier alpha value is -3.75. The van der Waals surface area contributed by atoms with E-state index in [9.17, 15) is 19.5 Å². The van der Waals surface area contributed by atoms with E-state index >= 15 is 0 Å². The molecule has 2 amide bonds. The molecule has 6 atom stereocenters. The highest BCUT2D eigenvalue weighted by molar-refractivity contribution is 5.99. The number of carbonyl (C=O) groups is 3. The van der Waals surface area contributed by atoms with Crippen LogP contribution in [0.4, 0.5) is 0 Å². The summed E-state index contributed by atoms with van der Waals surface area (Å²) < 4.78 is 12.7. The minimum Gasteiger partial charge on any atom is -0.465 e. The Morgan fingerprint density at radius 2 is 1.68 bits per heavy atom. The van der Waals surface area contributed by atoms with Gasteiger partial charge in [0.05, 0.1) is 25.2 Å². The minimum absolute atomic E-state index is 0.253. The Morgan fingerprint density at radius 3 is 2.39 bits per heavy atom. The van der Waals surface area contributed by atoms with Crippen LogP contribution in [0.3, 0.4) is 0 Å². The molecule has 6 rings (SSSR count). The monoisotopic (exact) mass is 556 g/mol. The molecule has 41 heavy (non-hydrogen) atoms. The molecule has 0 radical (unpaired) electrons. The predicted molar refractivity (Wildman–Crippen MR) is 151 cm³/mol. The second-order valence-corrected chi connectivity index (χ2v) is 11.3.